The van der Waals surface area contributed by atoms with Gasteiger partial charge in [-0.1, -0.05) is 59.8 Å². The van der Waals surface area contributed by atoms with E-state index < -0.39 is 0 Å². The van der Waals surface area contributed by atoms with Gasteiger partial charge in [-0.25, -0.2) is 0 Å². The highest BCUT2D eigenvalue weighted by molar-refractivity contribution is 5.63. The third kappa shape index (κ3) is 11.7. The van der Waals surface area contributed by atoms with Gasteiger partial charge in [-0.05, 0) is 11.8 Å². The van der Waals surface area contributed by atoms with Crippen molar-refractivity contribution in [1.82, 2.24) is 0 Å². The van der Waals surface area contributed by atoms with Crippen LogP contribution in [0.15, 0.2) is 4.99 Å². The van der Waals surface area contributed by atoms with Gasteiger partial charge in [0.2, 0.25) is 0 Å². The average molecular weight is 197 g/mol. The molecule has 0 atom stereocenters. The van der Waals surface area contributed by atoms with Crippen LogP contribution in [-0.4, -0.2) is 12.8 Å². The Kier molecular flexibility index (Phi) is 7.83. The molecule has 84 valence electrons. The van der Waals surface area contributed by atoms with Gasteiger partial charge in [-0.3, -0.25) is 4.99 Å². The summed E-state index contributed by atoms with van der Waals surface area (Å²) >= 11 is 0. The van der Waals surface area contributed by atoms with E-state index in [1.807, 2.05) is 0 Å². The highest BCUT2D eigenvalue weighted by Gasteiger charge is 2.03. The second-order valence-corrected chi connectivity index (χ2v) is 5.17. The smallest absolute Gasteiger partial charge is 0.0385 e. The molecule has 0 aliphatic heterocycles. The third-order valence-corrected chi connectivity index (χ3v) is 2.12. The Morgan fingerprint density at radius 2 is 1.50 bits per heavy atom. The number of hydrogen-bond acceptors (Lipinski definition) is 1. The second kappa shape index (κ2) is 8.02. The maximum atomic E-state index is 4.44. The zero-order valence-electron chi connectivity index (χ0n) is 10.5. The fraction of sp³-hybridized carbons (Fsp3) is 0.923. The molecule has 0 heterocycles. The number of rotatable bonds is 7. The van der Waals surface area contributed by atoms with E-state index in [0.717, 1.165) is 6.54 Å². The molecule has 0 saturated heterocycles. The van der Waals surface area contributed by atoms with E-state index in [2.05, 4.69) is 38.9 Å². The molecule has 0 spiro atoms. The number of nitrogens with zero attached hydrogens (tertiary/aromatic N) is 1. The molecule has 0 radical (unpaired) electrons. The summed E-state index contributed by atoms with van der Waals surface area (Å²) in [6.45, 7) is 9.85. The summed E-state index contributed by atoms with van der Waals surface area (Å²) in [5.41, 5.74) is 0.252. The van der Waals surface area contributed by atoms with Crippen LogP contribution in [0.2, 0.25) is 0 Å². The van der Waals surface area contributed by atoms with Gasteiger partial charge in [0, 0.05) is 12.8 Å². The molecule has 0 saturated carbocycles. The van der Waals surface area contributed by atoms with Crippen molar-refractivity contribution in [3.63, 3.8) is 0 Å². The van der Waals surface area contributed by atoms with Crippen molar-refractivity contribution >= 4 is 6.21 Å². The first-order valence-corrected chi connectivity index (χ1v) is 6.07. The molecule has 0 aliphatic rings. The molecule has 0 N–H and O–H groups in total. The summed E-state index contributed by atoms with van der Waals surface area (Å²) < 4.78 is 0. The lowest BCUT2D eigenvalue weighted by atomic mass is 9.99. The highest BCUT2D eigenvalue weighted by atomic mass is 14.7. The molecule has 0 aromatic carbocycles. The van der Waals surface area contributed by atoms with Crippen LogP contribution in [0.3, 0.4) is 0 Å². The lowest BCUT2D eigenvalue weighted by Crippen LogP contribution is -2.06. The largest absolute Gasteiger partial charge is 0.297 e. The first kappa shape index (κ1) is 13.7. The second-order valence-electron chi connectivity index (χ2n) is 5.17. The quantitative estimate of drug-likeness (QED) is 0.422. The summed E-state index contributed by atoms with van der Waals surface area (Å²) in [5.74, 6) is 0. The Morgan fingerprint density at radius 1 is 0.929 bits per heavy atom. The first-order valence-electron chi connectivity index (χ1n) is 6.07. The Morgan fingerprint density at radius 3 is 2.07 bits per heavy atom. The van der Waals surface area contributed by atoms with Crippen LogP contribution in [0.25, 0.3) is 0 Å². The van der Waals surface area contributed by atoms with Crippen molar-refractivity contribution in [1.29, 1.82) is 0 Å². The normalized spacial score (nSPS) is 12.6. The first-order chi connectivity index (χ1) is 6.56. The van der Waals surface area contributed by atoms with E-state index in [4.69, 9.17) is 0 Å². The summed E-state index contributed by atoms with van der Waals surface area (Å²) in [6.07, 6.45) is 10.2. The molecule has 0 unspecified atom stereocenters. The molecule has 14 heavy (non-hydrogen) atoms. The molecular formula is C13H27N. The van der Waals surface area contributed by atoms with Crippen molar-refractivity contribution in [2.45, 2.75) is 66.2 Å². The van der Waals surface area contributed by atoms with Crippen LogP contribution in [-0.2, 0) is 0 Å². The van der Waals surface area contributed by atoms with Crippen molar-refractivity contribution in [2.24, 2.45) is 10.4 Å². The van der Waals surface area contributed by atoms with E-state index >= 15 is 0 Å². The SMILES string of the molecule is CCCCCCCCN=CC(C)(C)C. The monoisotopic (exact) mass is 197 g/mol. The molecule has 0 aromatic heterocycles. The summed E-state index contributed by atoms with van der Waals surface area (Å²) in [7, 11) is 0. The lowest BCUT2D eigenvalue weighted by Gasteiger charge is -2.09. The van der Waals surface area contributed by atoms with Crippen molar-refractivity contribution in [3.8, 4) is 0 Å². The van der Waals surface area contributed by atoms with Crippen LogP contribution < -0.4 is 0 Å². The van der Waals surface area contributed by atoms with Crippen LogP contribution in [0.4, 0.5) is 0 Å². The number of unbranched alkanes of at least 4 members (excludes halogenated alkanes) is 5. The van der Waals surface area contributed by atoms with Gasteiger partial charge in [-0.2, -0.15) is 0 Å². The fourth-order valence-electron chi connectivity index (χ4n) is 1.32. The van der Waals surface area contributed by atoms with Crippen molar-refractivity contribution in [2.75, 3.05) is 6.54 Å². The lowest BCUT2D eigenvalue weighted by molar-refractivity contribution is 0.594. The number of hydrogen-bond donors (Lipinski definition) is 0. The van der Waals surface area contributed by atoms with Crippen molar-refractivity contribution in [3.05, 3.63) is 0 Å². The number of aliphatic imine (C=N–C) groups is 1. The topological polar surface area (TPSA) is 12.4 Å². The van der Waals surface area contributed by atoms with Gasteiger partial charge in [0.05, 0.1) is 0 Å². The molecule has 1 heteroatoms. The van der Waals surface area contributed by atoms with Crippen LogP contribution in [0, 0.1) is 5.41 Å². The Bertz CT molecular complexity index is 142. The highest BCUT2D eigenvalue weighted by Crippen LogP contribution is 2.09. The average Bonchev–Trinajstić information content (AvgIpc) is 2.08. The van der Waals surface area contributed by atoms with E-state index in [1.54, 1.807) is 0 Å². The minimum Gasteiger partial charge on any atom is -0.297 e. The molecule has 0 rings (SSSR count). The van der Waals surface area contributed by atoms with Gasteiger partial charge in [0.25, 0.3) is 0 Å². The summed E-state index contributed by atoms with van der Waals surface area (Å²) in [5, 5.41) is 0. The van der Waals surface area contributed by atoms with E-state index in [1.165, 1.54) is 38.5 Å². The van der Waals surface area contributed by atoms with Crippen LogP contribution in [0.1, 0.15) is 66.2 Å². The Labute approximate surface area is 90.0 Å². The Balaban J connectivity index is 3.17. The minimum absolute atomic E-state index is 0.252. The zero-order valence-corrected chi connectivity index (χ0v) is 10.5. The fourth-order valence-corrected chi connectivity index (χ4v) is 1.32. The third-order valence-electron chi connectivity index (χ3n) is 2.12. The Hall–Kier alpha value is -0.330. The maximum absolute atomic E-state index is 4.44. The van der Waals surface area contributed by atoms with Crippen LogP contribution >= 0.6 is 0 Å². The molecule has 0 amide bonds. The summed E-state index contributed by atoms with van der Waals surface area (Å²) in [6, 6.07) is 0. The summed E-state index contributed by atoms with van der Waals surface area (Å²) in [4.78, 5) is 4.44. The van der Waals surface area contributed by atoms with E-state index in [0.29, 0.717) is 0 Å². The maximum Gasteiger partial charge on any atom is 0.0385 e. The van der Waals surface area contributed by atoms with Crippen molar-refractivity contribution < 1.29 is 0 Å². The van der Waals surface area contributed by atoms with Crippen LogP contribution in [0.5, 0.6) is 0 Å². The standard InChI is InChI=1S/C13H27N/c1-5-6-7-8-9-10-11-14-12-13(2,3)4/h12H,5-11H2,1-4H3. The minimum atomic E-state index is 0.252. The molecule has 0 aliphatic carbocycles. The predicted molar refractivity (Wildman–Crippen MR) is 66.2 cm³/mol. The molecule has 0 bridgehead atoms. The van der Waals surface area contributed by atoms with Gasteiger partial charge in [0.15, 0.2) is 0 Å². The van der Waals surface area contributed by atoms with E-state index in [-0.39, 0.29) is 5.41 Å². The predicted octanol–water partition coefficient (Wildman–Crippen LogP) is 4.46. The van der Waals surface area contributed by atoms with Gasteiger partial charge < -0.3 is 0 Å². The van der Waals surface area contributed by atoms with Gasteiger partial charge >= 0.3 is 0 Å². The molecule has 0 fully saturated rings. The molecule has 1 nitrogen and oxygen atoms in total. The van der Waals surface area contributed by atoms with Gasteiger partial charge in [0.1, 0.15) is 0 Å². The molecule has 0 aromatic rings. The molecular weight excluding hydrogens is 170 g/mol. The van der Waals surface area contributed by atoms with E-state index in [9.17, 15) is 0 Å². The van der Waals surface area contributed by atoms with Gasteiger partial charge in [-0.15, -0.1) is 0 Å². The zero-order chi connectivity index (χ0) is 10.9.